The van der Waals surface area contributed by atoms with Crippen LogP contribution in [0.1, 0.15) is 13.8 Å². The molecule has 2 unspecified atom stereocenters. The molecule has 1 heterocycles. The molecular weight excluding hydrogens is 330 g/mol. The minimum atomic E-state index is 0.292. The first kappa shape index (κ1) is 15.1. The molecule has 0 radical (unpaired) electrons. The summed E-state index contributed by atoms with van der Waals surface area (Å²) in [6.07, 6.45) is 0.583. The highest BCUT2D eigenvalue weighted by Crippen LogP contribution is 2.27. The van der Waals surface area contributed by atoms with Gasteiger partial charge in [0.1, 0.15) is 12.4 Å². The molecule has 19 heavy (non-hydrogen) atoms. The first-order valence-electron chi connectivity index (χ1n) is 6.50. The van der Waals surface area contributed by atoms with E-state index in [0.29, 0.717) is 23.8 Å². The van der Waals surface area contributed by atoms with Crippen LogP contribution in [0.2, 0.25) is 5.02 Å². The number of hydrogen-bond acceptors (Lipinski definition) is 3. The van der Waals surface area contributed by atoms with Crippen molar-refractivity contribution in [3.63, 3.8) is 0 Å². The summed E-state index contributed by atoms with van der Waals surface area (Å²) in [5, 5.41) is 0.637. The molecule has 1 aromatic carbocycles. The Morgan fingerprint density at radius 3 is 2.68 bits per heavy atom. The molecule has 1 saturated heterocycles. The number of halogens is 2. The predicted octanol–water partition coefficient (Wildman–Crippen LogP) is 3.59. The van der Waals surface area contributed by atoms with Gasteiger partial charge in [-0.2, -0.15) is 0 Å². The van der Waals surface area contributed by atoms with Crippen molar-refractivity contribution in [2.75, 3.05) is 26.2 Å². The molecule has 5 heteroatoms. The van der Waals surface area contributed by atoms with Gasteiger partial charge >= 0.3 is 0 Å². The van der Waals surface area contributed by atoms with Crippen LogP contribution in [0.3, 0.4) is 0 Å². The molecule has 0 bridgehead atoms. The Bertz CT molecular complexity index is 420. The Balaban J connectivity index is 1.80. The normalized spacial score (nSPS) is 24.4. The molecule has 1 aromatic rings. The summed E-state index contributed by atoms with van der Waals surface area (Å²) in [5.74, 6) is 0.735. The van der Waals surface area contributed by atoms with Crippen molar-refractivity contribution in [3.05, 3.63) is 27.7 Å². The zero-order valence-corrected chi connectivity index (χ0v) is 13.6. The number of hydrogen-bond donors (Lipinski definition) is 0. The van der Waals surface area contributed by atoms with Gasteiger partial charge in [0.15, 0.2) is 0 Å². The molecule has 0 aliphatic carbocycles. The summed E-state index contributed by atoms with van der Waals surface area (Å²) in [5.41, 5.74) is 0. The molecule has 1 fully saturated rings. The lowest BCUT2D eigenvalue weighted by Gasteiger charge is -2.35. The number of ether oxygens (including phenoxy) is 2. The first-order chi connectivity index (χ1) is 9.04. The number of nitrogens with zero attached hydrogens (tertiary/aromatic N) is 1. The Morgan fingerprint density at radius 1 is 1.37 bits per heavy atom. The third kappa shape index (κ3) is 4.63. The van der Waals surface area contributed by atoms with Crippen LogP contribution in [0.15, 0.2) is 22.7 Å². The van der Waals surface area contributed by atoms with Gasteiger partial charge in [-0.05, 0) is 32.0 Å². The fourth-order valence-electron chi connectivity index (χ4n) is 2.34. The Labute approximate surface area is 128 Å². The Kier molecular flexibility index (Phi) is 5.51. The van der Waals surface area contributed by atoms with Crippen molar-refractivity contribution in [2.45, 2.75) is 26.1 Å². The van der Waals surface area contributed by atoms with Crippen LogP contribution in [0.4, 0.5) is 0 Å². The van der Waals surface area contributed by atoms with Gasteiger partial charge in [0.25, 0.3) is 0 Å². The van der Waals surface area contributed by atoms with Gasteiger partial charge in [-0.15, -0.1) is 0 Å². The number of benzene rings is 1. The maximum absolute atomic E-state index is 6.11. The van der Waals surface area contributed by atoms with Crippen molar-refractivity contribution in [1.29, 1.82) is 0 Å². The van der Waals surface area contributed by atoms with E-state index in [0.717, 1.165) is 29.9 Å². The molecule has 0 amide bonds. The van der Waals surface area contributed by atoms with E-state index < -0.39 is 0 Å². The molecule has 0 spiro atoms. The lowest BCUT2D eigenvalue weighted by molar-refractivity contribution is -0.0699. The van der Waals surface area contributed by atoms with E-state index >= 15 is 0 Å². The Hall–Kier alpha value is -0.290. The summed E-state index contributed by atoms with van der Waals surface area (Å²) in [6, 6.07) is 5.66. The van der Waals surface area contributed by atoms with E-state index in [1.807, 2.05) is 18.2 Å². The first-order valence-corrected chi connectivity index (χ1v) is 7.67. The highest BCUT2D eigenvalue weighted by Gasteiger charge is 2.21. The lowest BCUT2D eigenvalue weighted by Crippen LogP contribution is -2.46. The van der Waals surface area contributed by atoms with Crippen molar-refractivity contribution in [2.24, 2.45) is 0 Å². The smallest absolute Gasteiger partial charge is 0.138 e. The van der Waals surface area contributed by atoms with Crippen LogP contribution < -0.4 is 4.74 Å². The van der Waals surface area contributed by atoms with E-state index in [1.54, 1.807) is 0 Å². The fraction of sp³-hybridized carbons (Fsp3) is 0.571. The lowest BCUT2D eigenvalue weighted by atomic mass is 10.2. The van der Waals surface area contributed by atoms with E-state index in [2.05, 4.69) is 34.7 Å². The standard InChI is InChI=1S/C14H19BrClNO2/c1-10-8-17(9-11(2)19-10)5-6-18-14-4-3-12(15)7-13(14)16/h3-4,7,10-11H,5-6,8-9H2,1-2H3. The van der Waals surface area contributed by atoms with Gasteiger partial charge in [-0.1, -0.05) is 27.5 Å². The van der Waals surface area contributed by atoms with Crippen LogP contribution in [0, 0.1) is 0 Å². The third-order valence-corrected chi connectivity index (χ3v) is 3.84. The molecule has 3 nitrogen and oxygen atoms in total. The van der Waals surface area contributed by atoms with E-state index in [-0.39, 0.29) is 0 Å². The maximum Gasteiger partial charge on any atom is 0.138 e. The van der Waals surface area contributed by atoms with Crippen molar-refractivity contribution in [3.8, 4) is 5.75 Å². The zero-order valence-electron chi connectivity index (χ0n) is 11.2. The third-order valence-electron chi connectivity index (χ3n) is 3.05. The largest absolute Gasteiger partial charge is 0.491 e. The van der Waals surface area contributed by atoms with Crippen LogP contribution in [0.25, 0.3) is 0 Å². The van der Waals surface area contributed by atoms with E-state index in [1.165, 1.54) is 0 Å². The minimum Gasteiger partial charge on any atom is -0.491 e. The minimum absolute atomic E-state index is 0.292. The van der Waals surface area contributed by atoms with Crippen LogP contribution in [0.5, 0.6) is 5.75 Å². The summed E-state index contributed by atoms with van der Waals surface area (Å²) in [7, 11) is 0. The molecule has 2 atom stereocenters. The molecule has 1 aliphatic rings. The summed E-state index contributed by atoms with van der Waals surface area (Å²) in [4.78, 5) is 2.37. The zero-order chi connectivity index (χ0) is 13.8. The van der Waals surface area contributed by atoms with E-state index in [9.17, 15) is 0 Å². The van der Waals surface area contributed by atoms with Gasteiger partial charge < -0.3 is 9.47 Å². The van der Waals surface area contributed by atoms with Crippen LogP contribution in [-0.4, -0.2) is 43.3 Å². The summed E-state index contributed by atoms with van der Waals surface area (Å²) >= 11 is 9.49. The van der Waals surface area contributed by atoms with Gasteiger partial charge in [-0.25, -0.2) is 0 Å². The quantitative estimate of drug-likeness (QED) is 0.830. The molecule has 1 aliphatic heterocycles. The summed E-state index contributed by atoms with van der Waals surface area (Å²) < 4.78 is 12.4. The topological polar surface area (TPSA) is 21.7 Å². The monoisotopic (exact) mass is 347 g/mol. The molecule has 0 N–H and O–H groups in total. The number of morpholine rings is 1. The van der Waals surface area contributed by atoms with Crippen molar-refractivity contribution >= 4 is 27.5 Å². The second kappa shape index (κ2) is 6.93. The van der Waals surface area contributed by atoms with E-state index in [4.69, 9.17) is 21.1 Å². The van der Waals surface area contributed by atoms with Crippen molar-refractivity contribution < 1.29 is 9.47 Å². The Morgan fingerprint density at radius 2 is 2.05 bits per heavy atom. The predicted molar refractivity (Wildman–Crippen MR) is 81.1 cm³/mol. The van der Waals surface area contributed by atoms with Crippen LogP contribution in [-0.2, 0) is 4.74 Å². The number of rotatable bonds is 4. The van der Waals surface area contributed by atoms with Gasteiger partial charge in [0.2, 0.25) is 0 Å². The highest BCUT2D eigenvalue weighted by atomic mass is 79.9. The second-order valence-electron chi connectivity index (χ2n) is 4.94. The fourth-order valence-corrected chi connectivity index (χ4v) is 3.07. The molecule has 2 rings (SSSR count). The average molecular weight is 349 g/mol. The molecule has 0 saturated carbocycles. The summed E-state index contributed by atoms with van der Waals surface area (Å²) in [6.45, 7) is 7.67. The molecule has 0 aromatic heterocycles. The van der Waals surface area contributed by atoms with Gasteiger partial charge in [0, 0.05) is 24.1 Å². The SMILES string of the molecule is CC1CN(CCOc2ccc(Br)cc2Cl)CC(C)O1. The molecular formula is C14H19BrClNO2. The highest BCUT2D eigenvalue weighted by molar-refractivity contribution is 9.10. The van der Waals surface area contributed by atoms with Crippen molar-refractivity contribution in [1.82, 2.24) is 4.90 Å². The molecule has 106 valence electrons. The van der Waals surface area contributed by atoms with Gasteiger partial charge in [0.05, 0.1) is 17.2 Å². The average Bonchev–Trinajstić information content (AvgIpc) is 2.30. The maximum atomic E-state index is 6.11. The van der Waals surface area contributed by atoms with Crippen LogP contribution >= 0.6 is 27.5 Å². The van der Waals surface area contributed by atoms with Gasteiger partial charge in [-0.3, -0.25) is 4.90 Å². The second-order valence-corrected chi connectivity index (χ2v) is 6.26.